The number of nitrogens with one attached hydrogen (secondary N) is 3. The number of rotatable bonds is 13. The molecule has 2 amide bonds. The molecule has 0 aliphatic rings. The summed E-state index contributed by atoms with van der Waals surface area (Å²) < 4.78 is 0. The third-order valence-corrected chi connectivity index (χ3v) is 4.69. The van der Waals surface area contributed by atoms with Crippen molar-refractivity contribution in [1.29, 1.82) is 0 Å². The monoisotopic (exact) mass is 395 g/mol. The van der Waals surface area contributed by atoms with Crippen LogP contribution in [0.25, 0.3) is 0 Å². The molecule has 0 bridgehead atoms. The van der Waals surface area contributed by atoms with E-state index >= 15 is 0 Å². The van der Waals surface area contributed by atoms with Crippen molar-refractivity contribution in [3.8, 4) is 0 Å². The smallest absolute Gasteiger partial charge is 0.239 e. The minimum absolute atomic E-state index is 0.0159. The van der Waals surface area contributed by atoms with Gasteiger partial charge in [-0.25, -0.2) is 0 Å². The summed E-state index contributed by atoms with van der Waals surface area (Å²) in [7, 11) is 0. The first-order valence-corrected chi connectivity index (χ1v) is 10.6. The van der Waals surface area contributed by atoms with Gasteiger partial charge in [0.1, 0.15) is 0 Å². The van der Waals surface area contributed by atoms with Gasteiger partial charge in [0.2, 0.25) is 11.8 Å². The van der Waals surface area contributed by atoms with Crippen LogP contribution in [0, 0.1) is 0 Å². The molecule has 2 aromatic rings. The molecular weight excluding hydrogens is 362 g/mol. The van der Waals surface area contributed by atoms with Crippen molar-refractivity contribution in [3.63, 3.8) is 0 Å². The molecule has 0 spiro atoms. The summed E-state index contributed by atoms with van der Waals surface area (Å²) in [5, 5.41) is 8.97. The topological polar surface area (TPSA) is 70.2 Å². The van der Waals surface area contributed by atoms with Gasteiger partial charge in [-0.3, -0.25) is 9.59 Å². The number of carbonyl (C=O) groups is 2. The van der Waals surface area contributed by atoms with Crippen LogP contribution in [0.5, 0.6) is 0 Å². The van der Waals surface area contributed by atoms with E-state index < -0.39 is 0 Å². The van der Waals surface area contributed by atoms with Crippen molar-refractivity contribution >= 4 is 23.2 Å². The number of hydrogen-bond acceptors (Lipinski definition) is 3. The van der Waals surface area contributed by atoms with Crippen LogP contribution < -0.4 is 16.0 Å². The molecule has 0 unspecified atom stereocenters. The third-order valence-electron chi connectivity index (χ3n) is 4.69. The van der Waals surface area contributed by atoms with E-state index in [-0.39, 0.29) is 18.4 Å². The summed E-state index contributed by atoms with van der Waals surface area (Å²) >= 11 is 0. The Kier molecular flexibility index (Phi) is 10.4. The van der Waals surface area contributed by atoms with Crippen molar-refractivity contribution in [2.75, 3.05) is 23.7 Å². The lowest BCUT2D eigenvalue weighted by atomic mass is 10.1. The number of benzene rings is 2. The lowest BCUT2D eigenvalue weighted by Crippen LogP contribution is -2.30. The molecule has 2 aromatic carbocycles. The minimum Gasteiger partial charge on any atom is -0.376 e. The third kappa shape index (κ3) is 9.79. The van der Waals surface area contributed by atoms with E-state index in [0.717, 1.165) is 36.3 Å². The molecule has 0 fully saturated rings. The zero-order valence-electron chi connectivity index (χ0n) is 17.4. The van der Waals surface area contributed by atoms with Crippen molar-refractivity contribution < 1.29 is 9.59 Å². The predicted molar refractivity (Wildman–Crippen MR) is 120 cm³/mol. The largest absolute Gasteiger partial charge is 0.376 e. The summed E-state index contributed by atoms with van der Waals surface area (Å²) in [5.74, 6) is -0.0374. The molecule has 0 atom stereocenters. The maximum Gasteiger partial charge on any atom is 0.239 e. The Bertz CT molecular complexity index is 747. The summed E-state index contributed by atoms with van der Waals surface area (Å²) in [4.78, 5) is 24.1. The second-order valence-corrected chi connectivity index (χ2v) is 7.23. The van der Waals surface area contributed by atoms with Crippen LogP contribution >= 0.6 is 0 Å². The van der Waals surface area contributed by atoms with E-state index in [9.17, 15) is 9.59 Å². The van der Waals surface area contributed by atoms with Gasteiger partial charge in [-0.1, -0.05) is 69.0 Å². The van der Waals surface area contributed by atoms with Gasteiger partial charge in [0.15, 0.2) is 0 Å². The fourth-order valence-electron chi connectivity index (χ4n) is 3.03. The lowest BCUT2D eigenvalue weighted by molar-refractivity contribution is -0.119. The van der Waals surface area contributed by atoms with Crippen LogP contribution in [0.2, 0.25) is 0 Å². The molecule has 5 nitrogen and oxygen atoms in total. The zero-order valence-corrected chi connectivity index (χ0v) is 17.4. The second-order valence-electron chi connectivity index (χ2n) is 7.23. The molecule has 2 rings (SSSR count). The number of amides is 2. The Labute approximate surface area is 174 Å². The van der Waals surface area contributed by atoms with Crippen molar-refractivity contribution in [2.45, 2.75) is 51.9 Å². The fourth-order valence-corrected chi connectivity index (χ4v) is 3.03. The number of anilines is 2. The van der Waals surface area contributed by atoms with Crippen LogP contribution in [-0.4, -0.2) is 24.9 Å². The average molecular weight is 396 g/mol. The Hall–Kier alpha value is -2.82. The number of carbonyl (C=O) groups excluding carboxylic acids is 2. The highest BCUT2D eigenvalue weighted by Gasteiger charge is 2.05. The van der Waals surface area contributed by atoms with Crippen molar-refractivity contribution in [3.05, 3.63) is 60.2 Å². The summed E-state index contributed by atoms with van der Waals surface area (Å²) in [6.45, 7) is 3.14. The first-order chi connectivity index (χ1) is 14.2. The predicted octanol–water partition coefficient (Wildman–Crippen LogP) is 4.76. The molecule has 0 aromatic heterocycles. The van der Waals surface area contributed by atoms with Crippen LogP contribution in [0.4, 0.5) is 11.4 Å². The van der Waals surface area contributed by atoms with Crippen LogP contribution in [0.15, 0.2) is 54.6 Å². The lowest BCUT2D eigenvalue weighted by Gasteiger charge is -2.10. The maximum absolute atomic E-state index is 12.2. The fraction of sp³-hybridized carbons (Fsp3) is 0.417. The minimum atomic E-state index is -0.0215. The van der Waals surface area contributed by atoms with Gasteiger partial charge < -0.3 is 16.0 Å². The summed E-state index contributed by atoms with van der Waals surface area (Å²) in [6, 6.07) is 17.4. The first-order valence-electron chi connectivity index (χ1n) is 10.6. The Morgan fingerprint density at radius 3 is 2.38 bits per heavy atom. The molecule has 0 saturated carbocycles. The van der Waals surface area contributed by atoms with Gasteiger partial charge in [0.05, 0.1) is 6.54 Å². The standard InChI is InChI=1S/C24H33N3O2/c1-2-3-4-5-9-17-25-24(29)19-26-21-13-10-14-22(18-21)27-23(28)16-15-20-11-7-6-8-12-20/h6-8,10-14,18,26H,2-5,9,15-17,19H2,1H3,(H,25,29)(H,27,28). The Morgan fingerprint density at radius 2 is 1.59 bits per heavy atom. The van der Waals surface area contributed by atoms with E-state index in [1.54, 1.807) is 0 Å². The number of aryl methyl sites for hydroxylation is 1. The molecule has 29 heavy (non-hydrogen) atoms. The molecule has 0 aliphatic heterocycles. The quantitative estimate of drug-likeness (QED) is 0.428. The number of hydrogen-bond donors (Lipinski definition) is 3. The Morgan fingerprint density at radius 1 is 0.828 bits per heavy atom. The molecule has 3 N–H and O–H groups in total. The maximum atomic E-state index is 12.2. The zero-order chi connectivity index (χ0) is 20.7. The highest BCUT2D eigenvalue weighted by molar-refractivity contribution is 5.91. The van der Waals surface area contributed by atoms with E-state index in [4.69, 9.17) is 0 Å². The molecule has 0 saturated heterocycles. The second kappa shape index (κ2) is 13.4. The van der Waals surface area contributed by atoms with Crippen molar-refractivity contribution in [1.82, 2.24) is 5.32 Å². The molecule has 156 valence electrons. The molecule has 0 heterocycles. The van der Waals surface area contributed by atoms with Gasteiger partial charge >= 0.3 is 0 Å². The van der Waals surface area contributed by atoms with Gasteiger partial charge in [-0.2, -0.15) is 0 Å². The van der Waals surface area contributed by atoms with E-state index in [1.807, 2.05) is 54.6 Å². The molecule has 0 aliphatic carbocycles. The first kappa shape index (κ1) is 22.5. The van der Waals surface area contributed by atoms with Gasteiger partial charge in [-0.15, -0.1) is 0 Å². The van der Waals surface area contributed by atoms with Gasteiger partial charge in [0.25, 0.3) is 0 Å². The van der Waals surface area contributed by atoms with E-state index in [2.05, 4.69) is 22.9 Å². The molecule has 0 radical (unpaired) electrons. The SMILES string of the molecule is CCCCCCCNC(=O)CNc1cccc(NC(=O)CCc2ccccc2)c1. The van der Waals surface area contributed by atoms with Gasteiger partial charge in [-0.05, 0) is 36.6 Å². The summed E-state index contributed by atoms with van der Waals surface area (Å²) in [5.41, 5.74) is 2.68. The average Bonchev–Trinajstić information content (AvgIpc) is 2.74. The summed E-state index contributed by atoms with van der Waals surface area (Å²) in [6.07, 6.45) is 7.04. The highest BCUT2D eigenvalue weighted by Crippen LogP contribution is 2.15. The highest BCUT2D eigenvalue weighted by atomic mass is 16.2. The van der Waals surface area contributed by atoms with Crippen LogP contribution in [-0.2, 0) is 16.0 Å². The number of unbranched alkanes of at least 4 members (excludes halogenated alkanes) is 4. The van der Waals surface area contributed by atoms with E-state index in [1.165, 1.54) is 19.3 Å². The van der Waals surface area contributed by atoms with E-state index in [0.29, 0.717) is 12.8 Å². The van der Waals surface area contributed by atoms with Gasteiger partial charge in [0, 0.05) is 24.3 Å². The normalized spacial score (nSPS) is 10.4. The molecular formula is C24H33N3O2. The Balaban J connectivity index is 1.67. The van der Waals surface area contributed by atoms with Crippen LogP contribution in [0.1, 0.15) is 51.0 Å². The van der Waals surface area contributed by atoms with Crippen LogP contribution in [0.3, 0.4) is 0 Å². The van der Waals surface area contributed by atoms with Crippen molar-refractivity contribution in [2.24, 2.45) is 0 Å². The molecule has 5 heteroatoms.